The van der Waals surface area contributed by atoms with Crippen molar-refractivity contribution in [3.05, 3.63) is 53.8 Å². The number of hydrogen-bond acceptors (Lipinski definition) is 4. The van der Waals surface area contributed by atoms with Gasteiger partial charge in [0, 0.05) is 12.6 Å². The zero-order chi connectivity index (χ0) is 18.2. The summed E-state index contributed by atoms with van der Waals surface area (Å²) in [6, 6.07) is 10.7. The molecule has 0 unspecified atom stereocenters. The van der Waals surface area contributed by atoms with Gasteiger partial charge < -0.3 is 20.1 Å². The van der Waals surface area contributed by atoms with Crippen molar-refractivity contribution in [3.8, 4) is 11.5 Å². The number of anilines is 1. The lowest BCUT2D eigenvalue weighted by Gasteiger charge is -2.12. The van der Waals surface area contributed by atoms with Crippen molar-refractivity contribution in [2.75, 3.05) is 19.5 Å². The highest BCUT2D eigenvalue weighted by atomic mass is 19.1. The van der Waals surface area contributed by atoms with Gasteiger partial charge in [0.1, 0.15) is 23.7 Å². The lowest BCUT2D eigenvalue weighted by molar-refractivity contribution is -0.126. The maximum Gasteiger partial charge on any atom is 0.233 e. The largest absolute Gasteiger partial charge is 0.497 e. The average Bonchev–Trinajstić information content (AvgIpc) is 2.61. The van der Waals surface area contributed by atoms with E-state index in [4.69, 9.17) is 9.47 Å². The zero-order valence-corrected chi connectivity index (χ0v) is 14.0. The Labute approximate surface area is 144 Å². The maximum absolute atomic E-state index is 12.8. The van der Waals surface area contributed by atoms with Crippen LogP contribution < -0.4 is 20.1 Å². The number of carbonyl (C=O) groups excluding carboxylic acids is 2. The van der Waals surface area contributed by atoms with Crippen LogP contribution in [0.3, 0.4) is 0 Å². The summed E-state index contributed by atoms with van der Waals surface area (Å²) in [4.78, 5) is 23.9. The number of nitrogens with one attached hydrogen (secondary N) is 2. The molecule has 6 nitrogen and oxygen atoms in total. The highest BCUT2D eigenvalue weighted by Gasteiger charge is 2.13. The first-order valence-corrected chi connectivity index (χ1v) is 7.55. The van der Waals surface area contributed by atoms with E-state index in [2.05, 4.69) is 10.6 Å². The summed E-state index contributed by atoms with van der Waals surface area (Å²) in [5.41, 5.74) is 1.16. The molecule has 0 saturated heterocycles. The number of amides is 2. The van der Waals surface area contributed by atoms with Gasteiger partial charge in [0.15, 0.2) is 0 Å². The van der Waals surface area contributed by atoms with Crippen molar-refractivity contribution in [1.82, 2.24) is 5.32 Å². The molecule has 0 radical (unpaired) electrons. The van der Waals surface area contributed by atoms with Crippen LogP contribution in [0.15, 0.2) is 42.5 Å². The number of methoxy groups -OCH3 is 2. The molecule has 2 aromatic rings. The van der Waals surface area contributed by atoms with Crippen molar-refractivity contribution in [3.63, 3.8) is 0 Å². The van der Waals surface area contributed by atoms with Crippen LogP contribution in [0.5, 0.6) is 11.5 Å². The van der Waals surface area contributed by atoms with E-state index in [1.54, 1.807) is 30.3 Å². The van der Waals surface area contributed by atoms with E-state index in [1.165, 1.54) is 26.4 Å². The highest BCUT2D eigenvalue weighted by molar-refractivity contribution is 6.04. The van der Waals surface area contributed by atoms with Crippen LogP contribution in [0.4, 0.5) is 10.1 Å². The van der Waals surface area contributed by atoms with Gasteiger partial charge in [0.05, 0.1) is 19.9 Å². The van der Waals surface area contributed by atoms with E-state index in [9.17, 15) is 14.0 Å². The van der Waals surface area contributed by atoms with E-state index < -0.39 is 11.8 Å². The van der Waals surface area contributed by atoms with E-state index >= 15 is 0 Å². The second kappa shape index (κ2) is 8.68. The number of carbonyl (C=O) groups is 2. The van der Waals surface area contributed by atoms with Crippen molar-refractivity contribution in [2.24, 2.45) is 0 Å². The predicted molar refractivity (Wildman–Crippen MR) is 91.0 cm³/mol. The normalized spacial score (nSPS) is 10.0. The molecule has 25 heavy (non-hydrogen) atoms. The summed E-state index contributed by atoms with van der Waals surface area (Å²) < 4.78 is 23.1. The molecule has 0 heterocycles. The Morgan fingerprint density at radius 1 is 1.00 bits per heavy atom. The fourth-order valence-electron chi connectivity index (χ4n) is 2.12. The second-order valence-corrected chi connectivity index (χ2v) is 5.19. The predicted octanol–water partition coefficient (Wildman–Crippen LogP) is 2.49. The molecule has 2 rings (SSSR count). The molecule has 132 valence electrons. The Bertz CT molecular complexity index is 747. The monoisotopic (exact) mass is 346 g/mol. The third-order valence-electron chi connectivity index (χ3n) is 3.40. The molecule has 0 fully saturated rings. The van der Waals surface area contributed by atoms with Crippen molar-refractivity contribution in [2.45, 2.75) is 13.0 Å². The van der Waals surface area contributed by atoms with Crippen molar-refractivity contribution >= 4 is 17.5 Å². The minimum Gasteiger partial charge on any atom is -0.497 e. The minimum atomic E-state index is -0.483. The second-order valence-electron chi connectivity index (χ2n) is 5.19. The first-order chi connectivity index (χ1) is 12.0. The Hall–Kier alpha value is -3.09. The third-order valence-corrected chi connectivity index (χ3v) is 3.40. The zero-order valence-electron chi connectivity index (χ0n) is 14.0. The van der Waals surface area contributed by atoms with E-state index in [0.717, 1.165) is 5.56 Å². The molecule has 0 aliphatic rings. The topological polar surface area (TPSA) is 76.7 Å². The average molecular weight is 346 g/mol. The molecule has 0 saturated carbocycles. The lowest BCUT2D eigenvalue weighted by Crippen LogP contribution is -2.27. The van der Waals surface area contributed by atoms with Gasteiger partial charge in [0.2, 0.25) is 11.8 Å². The highest BCUT2D eigenvalue weighted by Crippen LogP contribution is 2.28. The number of ether oxygens (including phenoxy) is 2. The molecule has 0 aliphatic carbocycles. The van der Waals surface area contributed by atoms with Gasteiger partial charge in [-0.1, -0.05) is 12.1 Å². The Morgan fingerprint density at radius 2 is 1.72 bits per heavy atom. The van der Waals surface area contributed by atoms with Crippen LogP contribution in [0, 0.1) is 5.82 Å². The Morgan fingerprint density at radius 3 is 2.36 bits per heavy atom. The quantitative estimate of drug-likeness (QED) is 0.755. The van der Waals surface area contributed by atoms with Crippen LogP contribution in [-0.2, 0) is 16.1 Å². The number of benzene rings is 2. The molecular weight excluding hydrogens is 327 g/mol. The van der Waals surface area contributed by atoms with E-state index in [1.807, 2.05) is 0 Å². The molecule has 0 spiro atoms. The molecule has 7 heteroatoms. The van der Waals surface area contributed by atoms with Gasteiger partial charge >= 0.3 is 0 Å². The standard InChI is InChI=1S/C18H19FN2O4/c1-24-14-7-8-16(25-2)15(9-14)21-18(23)10-17(22)20-11-12-3-5-13(19)6-4-12/h3-9H,10-11H2,1-2H3,(H,20,22)(H,21,23). The molecular formula is C18H19FN2O4. The fourth-order valence-corrected chi connectivity index (χ4v) is 2.12. The summed E-state index contributed by atoms with van der Waals surface area (Å²) >= 11 is 0. The molecule has 0 aromatic heterocycles. The van der Waals surface area contributed by atoms with Gasteiger partial charge in [0.25, 0.3) is 0 Å². The summed E-state index contributed by atoms with van der Waals surface area (Å²) in [7, 11) is 2.99. The van der Waals surface area contributed by atoms with Crippen LogP contribution in [0.1, 0.15) is 12.0 Å². The Balaban J connectivity index is 1.89. The number of hydrogen-bond donors (Lipinski definition) is 2. The molecule has 0 aliphatic heterocycles. The van der Waals surface area contributed by atoms with Crippen LogP contribution in [0.2, 0.25) is 0 Å². The summed E-state index contributed by atoms with van der Waals surface area (Å²) in [6.07, 6.45) is -0.346. The van der Waals surface area contributed by atoms with Gasteiger partial charge in [-0.15, -0.1) is 0 Å². The van der Waals surface area contributed by atoms with Gasteiger partial charge in [-0.3, -0.25) is 9.59 Å². The third kappa shape index (κ3) is 5.49. The SMILES string of the molecule is COc1ccc(OC)c(NC(=O)CC(=O)NCc2ccc(F)cc2)c1. The van der Waals surface area contributed by atoms with Gasteiger partial charge in [-0.25, -0.2) is 4.39 Å². The summed E-state index contributed by atoms with van der Waals surface area (Å²) in [6.45, 7) is 0.217. The van der Waals surface area contributed by atoms with Crippen LogP contribution in [-0.4, -0.2) is 26.0 Å². The summed E-state index contributed by atoms with van der Waals surface area (Å²) in [5.74, 6) is -0.258. The summed E-state index contributed by atoms with van der Waals surface area (Å²) in [5, 5.41) is 5.23. The van der Waals surface area contributed by atoms with E-state index in [0.29, 0.717) is 17.2 Å². The minimum absolute atomic E-state index is 0.217. The van der Waals surface area contributed by atoms with Crippen molar-refractivity contribution < 1.29 is 23.5 Å². The van der Waals surface area contributed by atoms with Crippen LogP contribution in [0.25, 0.3) is 0 Å². The van der Waals surface area contributed by atoms with Crippen molar-refractivity contribution in [1.29, 1.82) is 0 Å². The molecule has 0 atom stereocenters. The fraction of sp³-hybridized carbons (Fsp3) is 0.222. The number of halogens is 1. The maximum atomic E-state index is 12.8. The molecule has 2 aromatic carbocycles. The smallest absolute Gasteiger partial charge is 0.233 e. The van der Waals surface area contributed by atoms with Crippen LogP contribution >= 0.6 is 0 Å². The Kier molecular flexibility index (Phi) is 6.33. The molecule has 2 N–H and O–H groups in total. The van der Waals surface area contributed by atoms with Gasteiger partial charge in [-0.05, 0) is 29.8 Å². The lowest BCUT2D eigenvalue weighted by atomic mass is 10.2. The van der Waals surface area contributed by atoms with E-state index in [-0.39, 0.29) is 18.8 Å². The molecule has 2 amide bonds. The first kappa shape index (κ1) is 18.3. The van der Waals surface area contributed by atoms with Gasteiger partial charge in [-0.2, -0.15) is 0 Å². The first-order valence-electron chi connectivity index (χ1n) is 7.55. The number of rotatable bonds is 7. The molecule has 0 bridgehead atoms.